The van der Waals surface area contributed by atoms with Crippen molar-refractivity contribution in [1.29, 1.82) is 0 Å². The zero-order chi connectivity index (χ0) is 21.4. The molecule has 0 unspecified atom stereocenters. The lowest BCUT2D eigenvalue weighted by Crippen LogP contribution is -2.45. The molecule has 0 spiro atoms. The van der Waals surface area contributed by atoms with E-state index in [-0.39, 0.29) is 24.1 Å². The summed E-state index contributed by atoms with van der Waals surface area (Å²) in [4.78, 5) is 38.6. The normalized spacial score (nSPS) is 15.2. The Morgan fingerprint density at radius 1 is 1.07 bits per heavy atom. The molecule has 2 amide bonds. The second kappa shape index (κ2) is 10.7. The average Bonchev–Trinajstić information content (AvgIpc) is 2.76. The van der Waals surface area contributed by atoms with Gasteiger partial charge in [-0.05, 0) is 31.9 Å². The first-order valence-corrected chi connectivity index (χ1v) is 9.83. The van der Waals surface area contributed by atoms with Crippen LogP contribution >= 0.6 is 0 Å². The van der Waals surface area contributed by atoms with E-state index >= 15 is 0 Å². The van der Waals surface area contributed by atoms with Crippen LogP contribution < -0.4 is 14.8 Å². The molecule has 2 rings (SSSR count). The van der Waals surface area contributed by atoms with Gasteiger partial charge >= 0.3 is 5.97 Å². The van der Waals surface area contributed by atoms with E-state index < -0.39 is 18.0 Å². The lowest BCUT2D eigenvalue weighted by atomic mass is 9.94. The summed E-state index contributed by atoms with van der Waals surface area (Å²) < 4.78 is 15.5. The Bertz CT molecular complexity index is 708. The number of esters is 1. The van der Waals surface area contributed by atoms with Gasteiger partial charge in [-0.3, -0.25) is 14.4 Å². The summed E-state index contributed by atoms with van der Waals surface area (Å²) in [6.07, 6.45) is 4.46. The van der Waals surface area contributed by atoms with Crippen molar-refractivity contribution in [1.82, 2.24) is 10.2 Å². The van der Waals surface area contributed by atoms with E-state index in [9.17, 15) is 14.4 Å². The molecule has 1 atom stereocenters. The number of nitrogens with zero attached hydrogens (tertiary/aromatic N) is 1. The number of rotatable bonds is 8. The van der Waals surface area contributed by atoms with Gasteiger partial charge < -0.3 is 24.4 Å². The van der Waals surface area contributed by atoms with E-state index in [1.165, 1.54) is 32.8 Å². The third kappa shape index (κ3) is 6.37. The molecule has 1 aromatic rings. The third-order valence-electron chi connectivity index (χ3n) is 5.13. The number of amides is 2. The van der Waals surface area contributed by atoms with Crippen LogP contribution in [0.2, 0.25) is 0 Å². The van der Waals surface area contributed by atoms with Gasteiger partial charge in [0, 0.05) is 24.7 Å². The number of benzene rings is 1. The highest BCUT2D eigenvalue weighted by atomic mass is 16.5. The van der Waals surface area contributed by atoms with Gasteiger partial charge in [0.25, 0.3) is 11.8 Å². The van der Waals surface area contributed by atoms with Gasteiger partial charge in [-0.1, -0.05) is 19.3 Å². The van der Waals surface area contributed by atoms with Crippen LogP contribution in [-0.2, 0) is 14.3 Å². The standard InChI is InChI=1S/C21H30N2O6/c1-14(21(26)23(2)16-8-6-5-7-9-16)29-19(24)13-22-20(25)15-10-17(27-3)12-18(11-15)28-4/h10-12,14,16H,5-9,13H2,1-4H3,(H,22,25)/t14-/m0/s1. The number of ether oxygens (including phenoxy) is 3. The molecule has 0 radical (unpaired) electrons. The molecule has 1 N–H and O–H groups in total. The molecule has 1 aliphatic carbocycles. The fourth-order valence-corrected chi connectivity index (χ4v) is 3.42. The molecule has 29 heavy (non-hydrogen) atoms. The van der Waals surface area contributed by atoms with Crippen LogP contribution in [-0.4, -0.2) is 62.6 Å². The van der Waals surface area contributed by atoms with Crippen molar-refractivity contribution in [2.24, 2.45) is 0 Å². The van der Waals surface area contributed by atoms with Crippen LogP contribution in [0.15, 0.2) is 18.2 Å². The van der Waals surface area contributed by atoms with Crippen LogP contribution in [0, 0.1) is 0 Å². The Morgan fingerprint density at radius 3 is 2.21 bits per heavy atom. The first-order valence-electron chi connectivity index (χ1n) is 9.83. The number of carbonyl (C=O) groups excluding carboxylic acids is 3. The van der Waals surface area contributed by atoms with Crippen molar-refractivity contribution in [2.45, 2.75) is 51.2 Å². The highest BCUT2D eigenvalue weighted by Gasteiger charge is 2.27. The predicted molar refractivity (Wildman–Crippen MR) is 107 cm³/mol. The number of carbonyl (C=O) groups is 3. The Labute approximate surface area is 171 Å². The zero-order valence-electron chi connectivity index (χ0n) is 17.5. The van der Waals surface area contributed by atoms with Crippen LogP contribution in [0.1, 0.15) is 49.4 Å². The minimum atomic E-state index is -0.900. The summed E-state index contributed by atoms with van der Waals surface area (Å²) in [7, 11) is 4.72. The van der Waals surface area contributed by atoms with Crippen molar-refractivity contribution in [3.05, 3.63) is 23.8 Å². The topological polar surface area (TPSA) is 94.2 Å². The molecule has 1 saturated carbocycles. The van der Waals surface area contributed by atoms with Crippen molar-refractivity contribution in [3.63, 3.8) is 0 Å². The van der Waals surface area contributed by atoms with Crippen LogP contribution in [0.3, 0.4) is 0 Å². The largest absolute Gasteiger partial charge is 0.497 e. The van der Waals surface area contributed by atoms with Gasteiger partial charge in [0.2, 0.25) is 0 Å². The minimum Gasteiger partial charge on any atom is -0.497 e. The Kier molecular flexibility index (Phi) is 8.30. The van der Waals surface area contributed by atoms with Crippen LogP contribution in [0.4, 0.5) is 0 Å². The quantitative estimate of drug-likeness (QED) is 0.665. The lowest BCUT2D eigenvalue weighted by molar-refractivity contribution is -0.158. The third-order valence-corrected chi connectivity index (χ3v) is 5.13. The summed E-state index contributed by atoms with van der Waals surface area (Å²) in [5.41, 5.74) is 0.287. The van der Waals surface area contributed by atoms with Gasteiger partial charge in [0.1, 0.15) is 18.0 Å². The second-order valence-electron chi connectivity index (χ2n) is 7.16. The summed E-state index contributed by atoms with van der Waals surface area (Å²) in [6.45, 7) is 1.21. The van der Waals surface area contributed by atoms with E-state index in [0.29, 0.717) is 11.5 Å². The molecular formula is C21H30N2O6. The molecule has 8 nitrogen and oxygen atoms in total. The minimum absolute atomic E-state index is 0.195. The fourth-order valence-electron chi connectivity index (χ4n) is 3.42. The van der Waals surface area contributed by atoms with Crippen molar-refractivity contribution >= 4 is 17.8 Å². The van der Waals surface area contributed by atoms with Gasteiger partial charge in [-0.2, -0.15) is 0 Å². The summed E-state index contributed by atoms with van der Waals surface area (Å²) >= 11 is 0. The summed E-state index contributed by atoms with van der Waals surface area (Å²) in [6, 6.07) is 4.91. The molecule has 160 valence electrons. The molecule has 1 aromatic carbocycles. The Hall–Kier alpha value is -2.77. The molecule has 1 fully saturated rings. The van der Waals surface area contributed by atoms with Gasteiger partial charge in [0.05, 0.1) is 14.2 Å². The smallest absolute Gasteiger partial charge is 0.326 e. The Balaban J connectivity index is 1.85. The van der Waals surface area contributed by atoms with E-state index in [4.69, 9.17) is 14.2 Å². The van der Waals surface area contributed by atoms with E-state index in [0.717, 1.165) is 25.7 Å². The van der Waals surface area contributed by atoms with Crippen molar-refractivity contribution in [2.75, 3.05) is 27.8 Å². The number of methoxy groups -OCH3 is 2. The maximum atomic E-state index is 12.5. The van der Waals surface area contributed by atoms with Crippen molar-refractivity contribution in [3.8, 4) is 11.5 Å². The lowest BCUT2D eigenvalue weighted by Gasteiger charge is -2.32. The number of nitrogens with one attached hydrogen (secondary N) is 1. The first kappa shape index (κ1) is 22.5. The van der Waals surface area contributed by atoms with Gasteiger partial charge in [0.15, 0.2) is 6.10 Å². The van der Waals surface area contributed by atoms with Gasteiger partial charge in [-0.25, -0.2) is 0 Å². The molecule has 0 aliphatic heterocycles. The molecule has 8 heteroatoms. The highest BCUT2D eigenvalue weighted by Crippen LogP contribution is 2.23. The molecule has 0 saturated heterocycles. The van der Waals surface area contributed by atoms with E-state index in [2.05, 4.69) is 5.32 Å². The second-order valence-corrected chi connectivity index (χ2v) is 7.16. The first-order chi connectivity index (χ1) is 13.8. The van der Waals surface area contributed by atoms with Crippen LogP contribution in [0.5, 0.6) is 11.5 Å². The molecule has 0 heterocycles. The maximum Gasteiger partial charge on any atom is 0.326 e. The summed E-state index contributed by atoms with van der Waals surface area (Å²) in [5, 5.41) is 2.49. The fraction of sp³-hybridized carbons (Fsp3) is 0.571. The Morgan fingerprint density at radius 2 is 1.66 bits per heavy atom. The van der Waals surface area contributed by atoms with Crippen molar-refractivity contribution < 1.29 is 28.6 Å². The molecule has 1 aliphatic rings. The summed E-state index contributed by atoms with van der Waals surface area (Å²) in [5.74, 6) is -0.457. The van der Waals surface area contributed by atoms with E-state index in [1.807, 2.05) is 0 Å². The number of likely N-dealkylation sites (N-methyl/N-ethyl adjacent to an activating group) is 1. The highest BCUT2D eigenvalue weighted by molar-refractivity contribution is 5.97. The number of hydrogen-bond acceptors (Lipinski definition) is 6. The number of hydrogen-bond donors (Lipinski definition) is 1. The average molecular weight is 406 g/mol. The SMILES string of the molecule is COc1cc(OC)cc(C(=O)NCC(=O)O[C@@H](C)C(=O)N(C)C2CCCCC2)c1. The van der Waals surface area contributed by atoms with Gasteiger partial charge in [-0.15, -0.1) is 0 Å². The predicted octanol–water partition coefficient (Wildman–Crippen LogP) is 2.16. The zero-order valence-corrected chi connectivity index (χ0v) is 17.5. The molecular weight excluding hydrogens is 376 g/mol. The molecule has 0 bridgehead atoms. The maximum absolute atomic E-state index is 12.5. The van der Waals surface area contributed by atoms with E-state index in [1.54, 1.807) is 24.9 Å². The monoisotopic (exact) mass is 406 g/mol. The van der Waals surface area contributed by atoms with Crippen LogP contribution in [0.25, 0.3) is 0 Å². The molecule has 0 aromatic heterocycles.